The molecule has 1 heterocycles. The highest BCUT2D eigenvalue weighted by atomic mass is 79.9. The van der Waals surface area contributed by atoms with Crippen molar-refractivity contribution in [2.45, 2.75) is 5.88 Å². The summed E-state index contributed by atoms with van der Waals surface area (Å²) in [6.45, 7) is 0. The van der Waals surface area contributed by atoms with Gasteiger partial charge >= 0.3 is 0 Å². The number of nitrogens with zero attached hydrogens (tertiary/aromatic N) is 2. The SMILES string of the molecule is Fc1cc(Cl)c(-n2c(CCl)nc3ccc(Br)cc32)c(Cl)c1. The van der Waals surface area contributed by atoms with Crippen molar-refractivity contribution >= 4 is 61.8 Å². The molecule has 0 saturated carbocycles. The van der Waals surface area contributed by atoms with Crippen molar-refractivity contribution in [2.75, 3.05) is 0 Å². The van der Waals surface area contributed by atoms with E-state index in [-0.39, 0.29) is 15.9 Å². The van der Waals surface area contributed by atoms with Crippen molar-refractivity contribution in [2.24, 2.45) is 0 Å². The van der Waals surface area contributed by atoms with E-state index in [0.29, 0.717) is 11.5 Å². The van der Waals surface area contributed by atoms with Gasteiger partial charge in [0, 0.05) is 4.47 Å². The Labute approximate surface area is 143 Å². The van der Waals surface area contributed by atoms with Crippen LogP contribution in [0.15, 0.2) is 34.8 Å². The third kappa shape index (κ3) is 2.66. The molecule has 7 heteroatoms. The Bertz CT molecular complexity index is 825. The number of imidazole rings is 1. The molecule has 0 bridgehead atoms. The molecule has 0 aliphatic carbocycles. The summed E-state index contributed by atoms with van der Waals surface area (Å²) in [7, 11) is 0. The lowest BCUT2D eigenvalue weighted by atomic mass is 10.2. The van der Waals surface area contributed by atoms with Gasteiger partial charge in [-0.05, 0) is 30.3 Å². The first kappa shape index (κ1) is 15.1. The number of fused-ring (bicyclic) bond motifs is 1. The highest BCUT2D eigenvalue weighted by Gasteiger charge is 2.18. The maximum atomic E-state index is 13.4. The van der Waals surface area contributed by atoms with Crippen LogP contribution in [0, 0.1) is 5.82 Å². The number of rotatable bonds is 2. The van der Waals surface area contributed by atoms with Gasteiger partial charge < -0.3 is 0 Å². The van der Waals surface area contributed by atoms with Gasteiger partial charge in [0.25, 0.3) is 0 Å². The highest BCUT2D eigenvalue weighted by Crippen LogP contribution is 2.34. The number of halogens is 5. The summed E-state index contributed by atoms with van der Waals surface area (Å²) in [5, 5.41) is 0.399. The van der Waals surface area contributed by atoms with E-state index in [9.17, 15) is 4.39 Å². The molecule has 0 unspecified atom stereocenters. The molecule has 108 valence electrons. The van der Waals surface area contributed by atoms with Crippen LogP contribution in [0.4, 0.5) is 4.39 Å². The Balaban J connectivity index is 2.41. The standard InChI is InChI=1S/C14H7BrCl3FN2/c15-7-1-2-11-12(3-7)21(13(6-16)20-11)14-9(17)4-8(19)5-10(14)18/h1-5H,6H2. The van der Waals surface area contributed by atoms with Gasteiger partial charge in [0.2, 0.25) is 0 Å². The van der Waals surface area contributed by atoms with Gasteiger partial charge in [0.1, 0.15) is 11.6 Å². The second kappa shape index (κ2) is 5.76. The lowest BCUT2D eigenvalue weighted by Crippen LogP contribution is -2.01. The zero-order valence-electron chi connectivity index (χ0n) is 10.4. The van der Waals surface area contributed by atoms with Gasteiger partial charge in [-0.1, -0.05) is 39.1 Å². The fourth-order valence-corrected chi connectivity index (χ4v) is 3.34. The maximum Gasteiger partial charge on any atom is 0.129 e. The predicted molar refractivity (Wildman–Crippen MR) is 88.3 cm³/mol. The minimum absolute atomic E-state index is 0.177. The summed E-state index contributed by atoms with van der Waals surface area (Å²) in [6.07, 6.45) is 0. The Morgan fingerprint density at radius 1 is 1.14 bits per heavy atom. The Kier molecular flexibility index (Phi) is 4.14. The average Bonchev–Trinajstić information content (AvgIpc) is 2.76. The van der Waals surface area contributed by atoms with Crippen LogP contribution >= 0.6 is 50.7 Å². The minimum atomic E-state index is -0.494. The predicted octanol–water partition coefficient (Wildman–Crippen LogP) is 5.97. The van der Waals surface area contributed by atoms with E-state index >= 15 is 0 Å². The molecule has 3 rings (SSSR count). The van der Waals surface area contributed by atoms with Crippen LogP contribution in [0.1, 0.15) is 5.82 Å². The van der Waals surface area contributed by atoms with E-state index in [0.717, 1.165) is 15.5 Å². The number of benzene rings is 2. The molecule has 3 aromatic rings. The molecule has 0 atom stereocenters. The van der Waals surface area contributed by atoms with Crippen LogP contribution < -0.4 is 0 Å². The topological polar surface area (TPSA) is 17.8 Å². The lowest BCUT2D eigenvalue weighted by Gasteiger charge is -2.12. The molecule has 0 N–H and O–H groups in total. The van der Waals surface area contributed by atoms with Gasteiger partial charge in [-0.3, -0.25) is 4.57 Å². The molecule has 1 aromatic heterocycles. The summed E-state index contributed by atoms with van der Waals surface area (Å²) in [5.41, 5.74) is 2.01. The summed E-state index contributed by atoms with van der Waals surface area (Å²) in [6, 6.07) is 8.05. The number of alkyl halides is 1. The molecule has 2 nitrogen and oxygen atoms in total. The highest BCUT2D eigenvalue weighted by molar-refractivity contribution is 9.10. The van der Waals surface area contributed by atoms with Gasteiger partial charge in [-0.15, -0.1) is 11.6 Å². The molecule has 0 aliphatic rings. The first-order valence-electron chi connectivity index (χ1n) is 5.89. The quantitative estimate of drug-likeness (QED) is 0.478. The Morgan fingerprint density at radius 3 is 2.43 bits per heavy atom. The van der Waals surface area contributed by atoms with Crippen LogP contribution in [0.3, 0.4) is 0 Å². The molecule has 0 aliphatic heterocycles. The van der Waals surface area contributed by atoms with E-state index in [2.05, 4.69) is 20.9 Å². The molecule has 0 amide bonds. The largest absolute Gasteiger partial charge is 0.292 e. The molecule has 0 spiro atoms. The second-order valence-corrected chi connectivity index (χ2v) is 6.35. The van der Waals surface area contributed by atoms with E-state index in [1.807, 2.05) is 18.2 Å². The molecular formula is C14H7BrCl3FN2. The van der Waals surface area contributed by atoms with Crippen LogP contribution in [-0.2, 0) is 5.88 Å². The van der Waals surface area contributed by atoms with Crippen LogP contribution in [-0.4, -0.2) is 9.55 Å². The van der Waals surface area contributed by atoms with Crippen molar-refractivity contribution in [1.82, 2.24) is 9.55 Å². The lowest BCUT2D eigenvalue weighted by molar-refractivity contribution is 0.627. The minimum Gasteiger partial charge on any atom is -0.292 e. The fraction of sp³-hybridized carbons (Fsp3) is 0.0714. The first-order chi connectivity index (χ1) is 10.0. The smallest absolute Gasteiger partial charge is 0.129 e. The zero-order valence-corrected chi connectivity index (χ0v) is 14.2. The van der Waals surface area contributed by atoms with Crippen LogP contribution in [0.25, 0.3) is 16.7 Å². The maximum absolute atomic E-state index is 13.4. The Hall–Kier alpha value is -0.810. The summed E-state index contributed by atoms with van der Waals surface area (Å²) in [4.78, 5) is 4.45. The number of aromatic nitrogens is 2. The fourth-order valence-electron chi connectivity index (χ4n) is 2.19. The normalized spacial score (nSPS) is 11.3. The van der Waals surface area contributed by atoms with Crippen molar-refractivity contribution in [3.05, 3.63) is 56.5 Å². The van der Waals surface area contributed by atoms with Crippen molar-refractivity contribution in [1.29, 1.82) is 0 Å². The van der Waals surface area contributed by atoms with Gasteiger partial charge in [-0.2, -0.15) is 0 Å². The molecule has 0 fully saturated rings. The van der Waals surface area contributed by atoms with E-state index in [1.54, 1.807) is 4.57 Å². The van der Waals surface area contributed by atoms with Crippen LogP contribution in [0.2, 0.25) is 10.0 Å². The molecular weight excluding hydrogens is 401 g/mol. The van der Waals surface area contributed by atoms with Gasteiger partial charge in [0.05, 0.1) is 32.6 Å². The summed E-state index contributed by atoms with van der Waals surface area (Å²) < 4.78 is 16.0. The molecule has 0 radical (unpaired) electrons. The van der Waals surface area contributed by atoms with Crippen molar-refractivity contribution in [3.63, 3.8) is 0 Å². The van der Waals surface area contributed by atoms with E-state index < -0.39 is 5.82 Å². The number of hydrogen-bond donors (Lipinski definition) is 0. The number of hydrogen-bond acceptors (Lipinski definition) is 1. The van der Waals surface area contributed by atoms with E-state index in [4.69, 9.17) is 34.8 Å². The monoisotopic (exact) mass is 406 g/mol. The van der Waals surface area contributed by atoms with Crippen molar-refractivity contribution < 1.29 is 4.39 Å². The Morgan fingerprint density at radius 2 is 1.81 bits per heavy atom. The molecule has 0 saturated heterocycles. The third-order valence-electron chi connectivity index (χ3n) is 3.01. The van der Waals surface area contributed by atoms with Crippen molar-refractivity contribution in [3.8, 4) is 5.69 Å². The average molecular weight is 408 g/mol. The molecule has 2 aromatic carbocycles. The third-order valence-corrected chi connectivity index (χ3v) is 4.32. The summed E-state index contributed by atoms with van der Waals surface area (Å²) in [5.74, 6) is 0.267. The molecule has 21 heavy (non-hydrogen) atoms. The zero-order chi connectivity index (χ0) is 15.1. The van der Waals surface area contributed by atoms with Gasteiger partial charge in [0.15, 0.2) is 0 Å². The van der Waals surface area contributed by atoms with Crippen LogP contribution in [0.5, 0.6) is 0 Å². The van der Waals surface area contributed by atoms with Gasteiger partial charge in [-0.25, -0.2) is 9.37 Å². The van der Waals surface area contributed by atoms with E-state index in [1.165, 1.54) is 12.1 Å². The first-order valence-corrected chi connectivity index (χ1v) is 7.97. The second-order valence-electron chi connectivity index (χ2n) is 4.35. The summed E-state index contributed by atoms with van der Waals surface area (Å²) >= 11 is 21.7.